The highest BCUT2D eigenvalue weighted by Gasteiger charge is 2.30. The Morgan fingerprint density at radius 3 is 2.32 bits per heavy atom. The van der Waals surface area contributed by atoms with Crippen LogP contribution in [0.1, 0.15) is 49.1 Å². The lowest BCUT2D eigenvalue weighted by Crippen LogP contribution is -2.43. The van der Waals surface area contributed by atoms with Crippen LogP contribution in [0.3, 0.4) is 0 Å². The topological polar surface area (TPSA) is 59.2 Å². The number of hydrogen-bond acceptors (Lipinski definition) is 4. The minimum absolute atomic E-state index is 0.0408. The van der Waals surface area contributed by atoms with Crippen molar-refractivity contribution in [3.63, 3.8) is 0 Å². The second-order valence-corrected chi connectivity index (χ2v) is 8.52. The van der Waals surface area contributed by atoms with Crippen LogP contribution in [0, 0.1) is 5.82 Å². The quantitative estimate of drug-likeness (QED) is 0.403. The number of hydrogen-bond donors (Lipinski definition) is 0. The Balaban J connectivity index is 1.43. The van der Waals surface area contributed by atoms with Crippen LogP contribution in [0.5, 0.6) is 0 Å². The number of carbonyl (C=O) groups is 1. The first-order valence-electron chi connectivity index (χ1n) is 11.3. The number of nitrogens with zero attached hydrogens (tertiary/aromatic N) is 3. The van der Waals surface area contributed by atoms with Crippen molar-refractivity contribution in [1.82, 2.24) is 15.0 Å². The number of benzene rings is 2. The van der Waals surface area contributed by atoms with Crippen LogP contribution < -0.4 is 0 Å². The first-order chi connectivity index (χ1) is 16.3. The lowest BCUT2D eigenvalue weighted by Gasteiger charge is -2.34. The van der Waals surface area contributed by atoms with Crippen molar-refractivity contribution in [2.24, 2.45) is 0 Å². The molecular weight excluding hydrogens is 450 g/mol. The van der Waals surface area contributed by atoms with Crippen molar-refractivity contribution < 1.29 is 26.9 Å². The van der Waals surface area contributed by atoms with Crippen LogP contribution >= 0.6 is 0 Å². The van der Waals surface area contributed by atoms with E-state index in [1.165, 1.54) is 24.3 Å². The van der Waals surface area contributed by atoms with Crippen molar-refractivity contribution in [2.75, 3.05) is 6.54 Å². The normalized spacial score (nSPS) is 14.8. The maximum absolute atomic E-state index is 13.2. The molecule has 2 aromatic carbocycles. The molecule has 0 radical (unpaired) electrons. The van der Waals surface area contributed by atoms with E-state index in [9.17, 15) is 22.4 Å². The van der Waals surface area contributed by atoms with E-state index in [2.05, 4.69) is 10.1 Å². The average Bonchev–Trinajstić information content (AvgIpc) is 3.30. The standard InChI is InChI=1S/C25H25F4N3O2/c26-20-12-6-17(7-13-20)16-23(33)32(21-4-2-1-3-5-21)15-14-22-30-24(31-34-22)18-8-10-19(11-9-18)25(27,28)29/h6-13,21H,1-5,14-16H2. The SMILES string of the molecule is O=C(Cc1ccc(F)cc1)N(CCc1nc(-c2ccc(C(F)(F)F)cc2)no1)C1CCCCC1. The summed E-state index contributed by atoms with van der Waals surface area (Å²) in [6.45, 7) is 0.388. The van der Waals surface area contributed by atoms with Gasteiger partial charge in [-0.3, -0.25) is 4.79 Å². The minimum Gasteiger partial charge on any atom is -0.339 e. The number of carbonyl (C=O) groups excluding carboxylic acids is 1. The molecular formula is C25H25F4N3O2. The van der Waals surface area contributed by atoms with Crippen LogP contribution in [0.25, 0.3) is 11.4 Å². The summed E-state index contributed by atoms with van der Waals surface area (Å²) < 4.78 is 56.8. The molecule has 1 aliphatic carbocycles. The summed E-state index contributed by atoms with van der Waals surface area (Å²) in [5.74, 6) is 0.123. The van der Waals surface area contributed by atoms with Gasteiger partial charge in [-0.2, -0.15) is 18.2 Å². The third kappa shape index (κ3) is 6.01. The van der Waals surface area contributed by atoms with E-state index in [0.717, 1.165) is 49.8 Å². The van der Waals surface area contributed by atoms with Crippen LogP contribution in [0.2, 0.25) is 0 Å². The van der Waals surface area contributed by atoms with Crippen LogP contribution in [-0.4, -0.2) is 33.5 Å². The molecule has 1 aromatic heterocycles. The Kier molecular flexibility index (Phi) is 7.29. The van der Waals surface area contributed by atoms with Crippen molar-refractivity contribution in [3.8, 4) is 11.4 Å². The highest BCUT2D eigenvalue weighted by molar-refractivity contribution is 5.79. The monoisotopic (exact) mass is 475 g/mol. The summed E-state index contributed by atoms with van der Waals surface area (Å²) in [6.07, 6.45) is 1.22. The van der Waals surface area contributed by atoms with Gasteiger partial charge in [-0.25, -0.2) is 4.39 Å². The maximum atomic E-state index is 13.2. The number of rotatable bonds is 7. The van der Waals surface area contributed by atoms with E-state index in [1.54, 1.807) is 12.1 Å². The van der Waals surface area contributed by atoms with Gasteiger partial charge < -0.3 is 9.42 Å². The van der Waals surface area contributed by atoms with Gasteiger partial charge in [0.1, 0.15) is 5.82 Å². The molecule has 34 heavy (non-hydrogen) atoms. The third-order valence-corrected chi connectivity index (χ3v) is 6.11. The zero-order valence-corrected chi connectivity index (χ0v) is 18.5. The van der Waals surface area contributed by atoms with Gasteiger partial charge in [-0.1, -0.05) is 48.7 Å². The number of amides is 1. The Morgan fingerprint density at radius 2 is 1.68 bits per heavy atom. The van der Waals surface area contributed by atoms with Gasteiger partial charge in [0.2, 0.25) is 17.6 Å². The third-order valence-electron chi connectivity index (χ3n) is 6.11. The Bertz CT molecular complexity index is 1090. The van der Waals surface area contributed by atoms with Crippen molar-refractivity contribution in [2.45, 2.75) is 57.2 Å². The highest BCUT2D eigenvalue weighted by atomic mass is 19.4. The Morgan fingerprint density at radius 1 is 1.00 bits per heavy atom. The van der Waals surface area contributed by atoms with Gasteiger partial charge in [0, 0.05) is 24.6 Å². The lowest BCUT2D eigenvalue weighted by atomic mass is 9.93. The summed E-state index contributed by atoms with van der Waals surface area (Å²) in [5, 5.41) is 3.88. The van der Waals surface area contributed by atoms with Crippen molar-refractivity contribution >= 4 is 5.91 Å². The molecule has 0 unspecified atom stereocenters. The van der Waals surface area contributed by atoms with Crippen molar-refractivity contribution in [1.29, 1.82) is 0 Å². The van der Waals surface area contributed by atoms with Crippen LogP contribution in [0.15, 0.2) is 53.1 Å². The molecule has 3 aromatic rings. The van der Waals surface area contributed by atoms with Crippen LogP contribution in [0.4, 0.5) is 17.6 Å². The Labute approximate surface area is 194 Å². The van der Waals surface area contributed by atoms with Gasteiger partial charge in [0.25, 0.3) is 0 Å². The molecule has 0 spiro atoms. The molecule has 0 atom stereocenters. The van der Waals surface area contributed by atoms with E-state index >= 15 is 0 Å². The summed E-state index contributed by atoms with van der Waals surface area (Å²) in [4.78, 5) is 19.3. The summed E-state index contributed by atoms with van der Waals surface area (Å²) in [5.41, 5.74) is 0.414. The predicted octanol–water partition coefficient (Wildman–Crippen LogP) is 5.84. The fourth-order valence-corrected chi connectivity index (χ4v) is 4.28. The highest BCUT2D eigenvalue weighted by Crippen LogP contribution is 2.30. The Hall–Kier alpha value is -3.23. The van der Waals surface area contributed by atoms with Crippen molar-refractivity contribution in [3.05, 3.63) is 71.4 Å². The molecule has 9 heteroatoms. The molecule has 180 valence electrons. The summed E-state index contributed by atoms with van der Waals surface area (Å²) in [7, 11) is 0. The summed E-state index contributed by atoms with van der Waals surface area (Å²) >= 11 is 0. The van der Waals surface area contributed by atoms with E-state index in [1.807, 2.05) is 4.90 Å². The van der Waals surface area contributed by atoms with E-state index in [4.69, 9.17) is 4.52 Å². The average molecular weight is 475 g/mol. The minimum atomic E-state index is -4.41. The molecule has 0 N–H and O–H groups in total. The number of alkyl halides is 3. The molecule has 1 amide bonds. The number of aromatic nitrogens is 2. The smallest absolute Gasteiger partial charge is 0.339 e. The zero-order valence-electron chi connectivity index (χ0n) is 18.5. The molecule has 1 fully saturated rings. The molecule has 0 aliphatic heterocycles. The number of halogens is 4. The molecule has 1 saturated carbocycles. The first kappa shape index (κ1) is 23.9. The zero-order chi connectivity index (χ0) is 24.1. The van der Waals surface area contributed by atoms with Gasteiger partial charge >= 0.3 is 6.18 Å². The fourth-order valence-electron chi connectivity index (χ4n) is 4.28. The first-order valence-corrected chi connectivity index (χ1v) is 11.3. The second-order valence-electron chi connectivity index (χ2n) is 8.52. The molecule has 1 aliphatic rings. The molecule has 0 bridgehead atoms. The van der Waals surface area contributed by atoms with Gasteiger partial charge in [0.15, 0.2) is 0 Å². The largest absolute Gasteiger partial charge is 0.416 e. The van der Waals surface area contributed by atoms with E-state index in [0.29, 0.717) is 24.4 Å². The molecule has 5 nitrogen and oxygen atoms in total. The lowest BCUT2D eigenvalue weighted by molar-refractivity contribution is -0.137. The van der Waals surface area contributed by atoms with Gasteiger partial charge in [-0.05, 0) is 42.7 Å². The predicted molar refractivity (Wildman–Crippen MR) is 117 cm³/mol. The van der Waals surface area contributed by atoms with Gasteiger partial charge in [0.05, 0.1) is 12.0 Å². The molecule has 1 heterocycles. The maximum Gasteiger partial charge on any atom is 0.416 e. The van der Waals surface area contributed by atoms with E-state index < -0.39 is 11.7 Å². The van der Waals surface area contributed by atoms with E-state index in [-0.39, 0.29) is 30.0 Å². The fraction of sp³-hybridized carbons (Fsp3) is 0.400. The van der Waals surface area contributed by atoms with Gasteiger partial charge in [-0.15, -0.1) is 0 Å². The second kappa shape index (κ2) is 10.4. The molecule has 4 rings (SSSR count). The van der Waals surface area contributed by atoms with Crippen LogP contribution in [-0.2, 0) is 23.8 Å². The summed E-state index contributed by atoms with van der Waals surface area (Å²) in [6, 6.07) is 10.6. The molecule has 0 saturated heterocycles.